The third kappa shape index (κ3) is 5.45. The van der Waals surface area contributed by atoms with E-state index in [-0.39, 0.29) is 30.1 Å². The first kappa shape index (κ1) is 21.7. The predicted molar refractivity (Wildman–Crippen MR) is 113 cm³/mol. The van der Waals surface area contributed by atoms with Crippen LogP contribution in [0.5, 0.6) is 0 Å². The van der Waals surface area contributed by atoms with Crippen molar-refractivity contribution in [2.45, 2.75) is 45.7 Å². The van der Waals surface area contributed by atoms with E-state index in [1.165, 1.54) is 19.3 Å². The van der Waals surface area contributed by atoms with Crippen LogP contribution < -0.4 is 5.32 Å². The molecule has 1 aromatic heterocycles. The normalized spacial score (nSPS) is 17.6. The maximum atomic E-state index is 11.8. The minimum Gasteiger partial charge on any atom is -0.450 e. The molecule has 2 aliphatic heterocycles. The van der Waals surface area contributed by atoms with Crippen LogP contribution in [0.3, 0.4) is 0 Å². The molecule has 10 heteroatoms. The number of aryl methyl sites for hydroxylation is 1. The van der Waals surface area contributed by atoms with Crippen LogP contribution in [0, 0.1) is 0 Å². The second kappa shape index (κ2) is 10.7. The topological polar surface area (TPSA) is 87.9 Å². The molecule has 0 aromatic carbocycles. The molecular weight excluding hydrogens is 461 g/mol. The van der Waals surface area contributed by atoms with E-state index in [0.29, 0.717) is 26.2 Å². The Bertz CT molecular complexity index is 641. The summed E-state index contributed by atoms with van der Waals surface area (Å²) >= 11 is 0. The highest BCUT2D eigenvalue weighted by Crippen LogP contribution is 2.14. The molecule has 1 saturated heterocycles. The van der Waals surface area contributed by atoms with Crippen molar-refractivity contribution in [1.82, 2.24) is 29.9 Å². The Morgan fingerprint density at radius 2 is 1.85 bits per heavy atom. The number of amides is 1. The number of nitrogens with one attached hydrogen (secondary N) is 1. The summed E-state index contributed by atoms with van der Waals surface area (Å²) in [5, 5.41) is 12.1. The van der Waals surface area contributed by atoms with Crippen LogP contribution in [0.1, 0.15) is 37.8 Å². The monoisotopic (exact) mass is 491 g/mol. The van der Waals surface area contributed by atoms with Gasteiger partial charge in [-0.15, -0.1) is 34.2 Å². The number of guanidine groups is 1. The van der Waals surface area contributed by atoms with Gasteiger partial charge in [-0.3, -0.25) is 4.99 Å². The lowest BCUT2D eigenvalue weighted by Gasteiger charge is -2.35. The molecule has 0 spiro atoms. The Kier molecular flexibility index (Phi) is 8.58. The highest BCUT2D eigenvalue weighted by atomic mass is 127. The first-order chi connectivity index (χ1) is 12.7. The van der Waals surface area contributed by atoms with Gasteiger partial charge in [-0.05, 0) is 19.8 Å². The number of halogens is 1. The van der Waals surface area contributed by atoms with Crippen LogP contribution in [-0.2, 0) is 24.2 Å². The number of fused-ring (bicyclic) bond motifs is 1. The van der Waals surface area contributed by atoms with Gasteiger partial charge in [0.15, 0.2) is 11.8 Å². The van der Waals surface area contributed by atoms with Gasteiger partial charge in [0, 0.05) is 46.2 Å². The van der Waals surface area contributed by atoms with Crippen molar-refractivity contribution in [1.29, 1.82) is 0 Å². The number of hydrogen-bond donors (Lipinski definition) is 1. The van der Waals surface area contributed by atoms with Gasteiger partial charge < -0.3 is 24.4 Å². The van der Waals surface area contributed by atoms with Crippen molar-refractivity contribution in [2.24, 2.45) is 4.99 Å². The molecule has 0 saturated carbocycles. The molecule has 0 aliphatic carbocycles. The zero-order chi connectivity index (χ0) is 18.4. The van der Waals surface area contributed by atoms with Gasteiger partial charge in [-0.2, -0.15) is 0 Å². The van der Waals surface area contributed by atoms with Crippen LogP contribution in [0.4, 0.5) is 4.79 Å². The molecular formula is C17H30IN7O2. The van der Waals surface area contributed by atoms with E-state index < -0.39 is 0 Å². The lowest BCUT2D eigenvalue weighted by atomic mass is 10.2. The van der Waals surface area contributed by atoms with Gasteiger partial charge in [0.05, 0.1) is 13.2 Å². The summed E-state index contributed by atoms with van der Waals surface area (Å²) < 4.78 is 7.31. The Morgan fingerprint density at radius 1 is 1.11 bits per heavy atom. The van der Waals surface area contributed by atoms with E-state index in [4.69, 9.17) is 4.74 Å². The molecule has 3 heterocycles. The predicted octanol–water partition coefficient (Wildman–Crippen LogP) is 1.47. The van der Waals surface area contributed by atoms with Crippen molar-refractivity contribution in [3.8, 4) is 0 Å². The average molecular weight is 491 g/mol. The number of rotatable bonds is 3. The molecule has 0 bridgehead atoms. The second-order valence-electron chi connectivity index (χ2n) is 6.57. The zero-order valence-electron chi connectivity index (χ0n) is 16.2. The van der Waals surface area contributed by atoms with Crippen molar-refractivity contribution >= 4 is 36.0 Å². The van der Waals surface area contributed by atoms with Crippen molar-refractivity contribution in [3.05, 3.63) is 11.6 Å². The molecule has 152 valence electrons. The minimum absolute atomic E-state index is 0. The Hall–Kier alpha value is -1.59. The minimum atomic E-state index is -0.235. The number of nitrogens with zero attached hydrogens (tertiary/aromatic N) is 6. The summed E-state index contributed by atoms with van der Waals surface area (Å²) in [6.45, 7) is 6.58. The largest absolute Gasteiger partial charge is 0.450 e. The fourth-order valence-electron chi connectivity index (χ4n) is 3.48. The first-order valence-electron chi connectivity index (χ1n) is 9.51. The fraction of sp³-hybridized carbons (Fsp3) is 0.765. The summed E-state index contributed by atoms with van der Waals surface area (Å²) in [5.74, 6) is 2.89. The number of aromatic nitrogens is 3. The summed E-state index contributed by atoms with van der Waals surface area (Å²) in [6.07, 6.45) is 4.40. The maximum absolute atomic E-state index is 11.8. The summed E-state index contributed by atoms with van der Waals surface area (Å²) in [4.78, 5) is 20.1. The fourth-order valence-corrected chi connectivity index (χ4v) is 3.48. The van der Waals surface area contributed by atoms with E-state index in [2.05, 4.69) is 30.0 Å². The molecule has 1 aromatic rings. The van der Waals surface area contributed by atoms with E-state index in [9.17, 15) is 4.79 Å². The summed E-state index contributed by atoms with van der Waals surface area (Å²) in [6, 6.07) is 0. The molecule has 1 fully saturated rings. The molecule has 1 N–H and O–H groups in total. The highest BCUT2D eigenvalue weighted by Gasteiger charge is 2.24. The van der Waals surface area contributed by atoms with Gasteiger partial charge in [0.2, 0.25) is 0 Å². The van der Waals surface area contributed by atoms with Crippen molar-refractivity contribution < 1.29 is 9.53 Å². The van der Waals surface area contributed by atoms with Gasteiger partial charge in [-0.25, -0.2) is 4.79 Å². The number of carbonyl (C=O) groups is 1. The number of aliphatic imine (C=N–C) groups is 1. The zero-order valence-corrected chi connectivity index (χ0v) is 18.5. The summed E-state index contributed by atoms with van der Waals surface area (Å²) in [5.41, 5.74) is 0. The third-order valence-electron chi connectivity index (χ3n) is 4.91. The molecule has 1 amide bonds. The van der Waals surface area contributed by atoms with Crippen LogP contribution in [0.15, 0.2) is 4.99 Å². The van der Waals surface area contributed by atoms with E-state index in [0.717, 1.165) is 43.7 Å². The molecule has 0 atom stereocenters. The number of ether oxygens (including phenoxy) is 1. The van der Waals surface area contributed by atoms with Gasteiger partial charge in [0.25, 0.3) is 0 Å². The third-order valence-corrected chi connectivity index (χ3v) is 4.91. The number of carbonyl (C=O) groups excluding carboxylic acids is 1. The maximum Gasteiger partial charge on any atom is 0.409 e. The number of piperazine rings is 1. The van der Waals surface area contributed by atoms with Crippen molar-refractivity contribution in [3.63, 3.8) is 0 Å². The molecule has 0 unspecified atom stereocenters. The average Bonchev–Trinajstić information content (AvgIpc) is 2.89. The lowest BCUT2D eigenvalue weighted by molar-refractivity contribution is 0.0914. The Morgan fingerprint density at radius 3 is 2.56 bits per heavy atom. The molecule has 9 nitrogen and oxygen atoms in total. The Balaban J connectivity index is 0.00000261. The first-order valence-corrected chi connectivity index (χ1v) is 9.51. The summed E-state index contributed by atoms with van der Waals surface area (Å²) in [7, 11) is 1.78. The van der Waals surface area contributed by atoms with E-state index in [1.807, 2.05) is 6.92 Å². The van der Waals surface area contributed by atoms with Gasteiger partial charge >= 0.3 is 6.09 Å². The molecule has 2 aliphatic rings. The van der Waals surface area contributed by atoms with Crippen LogP contribution in [0.2, 0.25) is 0 Å². The lowest BCUT2D eigenvalue weighted by Crippen LogP contribution is -2.53. The molecule has 3 rings (SSSR count). The van der Waals surface area contributed by atoms with Crippen LogP contribution >= 0.6 is 24.0 Å². The van der Waals surface area contributed by atoms with Gasteiger partial charge in [-0.1, -0.05) is 6.42 Å². The quantitative estimate of drug-likeness (QED) is 0.392. The second-order valence-corrected chi connectivity index (χ2v) is 6.57. The van der Waals surface area contributed by atoms with E-state index >= 15 is 0 Å². The van der Waals surface area contributed by atoms with Crippen LogP contribution in [-0.4, -0.2) is 76.5 Å². The highest BCUT2D eigenvalue weighted by molar-refractivity contribution is 14.0. The Labute approximate surface area is 177 Å². The standard InChI is InChI=1S/C17H29N7O2.HI/c1-3-26-17(25)23-11-9-22(10-12-23)16(18-2)19-13-15-21-20-14-7-5-4-6-8-24(14)15;/h3-13H2,1-2H3,(H,18,19);1H. The smallest absolute Gasteiger partial charge is 0.409 e. The van der Waals surface area contributed by atoms with Gasteiger partial charge in [0.1, 0.15) is 5.82 Å². The van der Waals surface area contributed by atoms with Crippen LogP contribution in [0.25, 0.3) is 0 Å². The SMILES string of the molecule is CCOC(=O)N1CCN(C(=NC)NCc2nnc3n2CCCCC3)CC1.I. The molecule has 0 radical (unpaired) electrons. The van der Waals surface area contributed by atoms with E-state index in [1.54, 1.807) is 11.9 Å². The molecule has 27 heavy (non-hydrogen) atoms. The number of hydrogen-bond acceptors (Lipinski definition) is 5. The van der Waals surface area contributed by atoms with Crippen molar-refractivity contribution in [2.75, 3.05) is 39.8 Å².